The largest absolute Gasteiger partial charge is 0.494 e. The van der Waals surface area contributed by atoms with Crippen LogP contribution in [0.5, 0.6) is 5.88 Å². The molecule has 0 spiro atoms. The normalized spacial score (nSPS) is 13.0. The van der Waals surface area contributed by atoms with Gasteiger partial charge in [-0.25, -0.2) is 4.99 Å². The van der Waals surface area contributed by atoms with Crippen molar-refractivity contribution in [2.75, 3.05) is 11.9 Å². The lowest BCUT2D eigenvalue weighted by molar-refractivity contribution is 0.101. The minimum Gasteiger partial charge on any atom is -0.494 e. The van der Waals surface area contributed by atoms with E-state index in [2.05, 4.69) is 25.4 Å². The maximum absolute atomic E-state index is 13.2. The smallest absolute Gasteiger partial charge is 0.273 e. The van der Waals surface area contributed by atoms with Crippen molar-refractivity contribution in [3.63, 3.8) is 0 Å². The Morgan fingerprint density at radius 1 is 1.17 bits per heavy atom. The molecule has 0 aliphatic carbocycles. The molecule has 0 unspecified atom stereocenters. The van der Waals surface area contributed by atoms with Gasteiger partial charge >= 0.3 is 0 Å². The van der Waals surface area contributed by atoms with E-state index in [1.165, 1.54) is 4.68 Å². The number of carbonyl (C=O) groups excluding carboxylic acids is 2. The van der Waals surface area contributed by atoms with Crippen LogP contribution in [0, 0.1) is 6.92 Å². The molecule has 0 fully saturated rings. The van der Waals surface area contributed by atoms with Crippen LogP contribution in [-0.4, -0.2) is 50.2 Å². The van der Waals surface area contributed by atoms with E-state index >= 15 is 0 Å². The molecule has 9 nitrogen and oxygen atoms in total. The van der Waals surface area contributed by atoms with Gasteiger partial charge in [-0.1, -0.05) is 30.3 Å². The molecule has 4 aromatic rings. The second-order valence-electron chi connectivity index (χ2n) is 8.17. The number of amidine groups is 1. The number of H-pyrrole nitrogens is 1. The first-order valence-corrected chi connectivity index (χ1v) is 11.0. The number of hydrogen-bond donors (Lipinski definition) is 3. The zero-order chi connectivity index (χ0) is 24.5. The number of ketones is 1. The van der Waals surface area contributed by atoms with Crippen LogP contribution >= 0.6 is 0 Å². The Morgan fingerprint density at radius 3 is 2.74 bits per heavy atom. The van der Waals surface area contributed by atoms with E-state index in [0.717, 1.165) is 11.1 Å². The van der Waals surface area contributed by atoms with Crippen LogP contribution < -0.4 is 5.32 Å². The van der Waals surface area contributed by atoms with Gasteiger partial charge in [0.05, 0.1) is 17.8 Å². The van der Waals surface area contributed by atoms with Gasteiger partial charge in [0.25, 0.3) is 5.91 Å². The Labute approximate surface area is 200 Å². The number of hydrogen-bond acceptors (Lipinski definition) is 6. The van der Waals surface area contributed by atoms with Gasteiger partial charge in [0.1, 0.15) is 11.5 Å². The number of carbonyl (C=O) groups is 2. The molecule has 0 saturated carbocycles. The summed E-state index contributed by atoms with van der Waals surface area (Å²) >= 11 is 0. The van der Waals surface area contributed by atoms with Gasteiger partial charge in [-0.15, -0.1) is 0 Å². The number of amides is 1. The van der Waals surface area contributed by atoms with Crippen molar-refractivity contribution in [1.82, 2.24) is 14.8 Å². The van der Waals surface area contributed by atoms with E-state index in [0.29, 0.717) is 46.0 Å². The monoisotopic (exact) mass is 466 g/mol. The minimum absolute atomic E-state index is 0.0361. The zero-order valence-corrected chi connectivity index (χ0v) is 19.1. The molecule has 2 aromatic heterocycles. The first-order valence-electron chi connectivity index (χ1n) is 11.0. The lowest BCUT2D eigenvalue weighted by Crippen LogP contribution is -2.16. The number of aromatic hydroxyl groups is 1. The van der Waals surface area contributed by atoms with Crippen molar-refractivity contribution >= 4 is 40.3 Å². The van der Waals surface area contributed by atoms with E-state index in [4.69, 9.17) is 0 Å². The standard InChI is InChI=1S/C26H22N6O3/c1-15-11-22(32(2)31-15)26(35)29-18-6-3-5-16(12-18)24(33)17-8-9-19-20(25(34)30-21(19)13-17)14-28-23-7-4-10-27-23/h3-9,11-14,30,34H,10H2,1-2H3,(H,29,35). The van der Waals surface area contributed by atoms with Gasteiger partial charge in [0, 0.05) is 41.0 Å². The molecule has 35 heavy (non-hydrogen) atoms. The van der Waals surface area contributed by atoms with E-state index in [-0.39, 0.29) is 17.6 Å². The molecule has 5 rings (SSSR count). The highest BCUT2D eigenvalue weighted by molar-refractivity contribution is 6.13. The number of nitrogens with one attached hydrogen (secondary N) is 2. The second-order valence-corrected chi connectivity index (χ2v) is 8.17. The van der Waals surface area contributed by atoms with Crippen molar-refractivity contribution in [3.8, 4) is 5.88 Å². The molecule has 3 N–H and O–H groups in total. The molecule has 3 heterocycles. The lowest BCUT2D eigenvalue weighted by Gasteiger charge is -2.08. The summed E-state index contributed by atoms with van der Waals surface area (Å²) in [6.45, 7) is 2.42. The topological polar surface area (TPSA) is 125 Å². The third kappa shape index (κ3) is 4.39. The highest BCUT2D eigenvalue weighted by atomic mass is 16.3. The average molecular weight is 467 g/mol. The lowest BCUT2D eigenvalue weighted by atomic mass is 10.0. The van der Waals surface area contributed by atoms with Crippen molar-refractivity contribution in [1.29, 1.82) is 0 Å². The predicted molar refractivity (Wildman–Crippen MR) is 135 cm³/mol. The van der Waals surface area contributed by atoms with Crippen molar-refractivity contribution < 1.29 is 14.7 Å². The predicted octanol–water partition coefficient (Wildman–Crippen LogP) is 3.79. The molecular weight excluding hydrogens is 444 g/mol. The van der Waals surface area contributed by atoms with Crippen LogP contribution in [-0.2, 0) is 7.05 Å². The van der Waals surface area contributed by atoms with Crippen LogP contribution in [0.4, 0.5) is 5.69 Å². The number of nitrogens with zero attached hydrogens (tertiary/aromatic N) is 4. The third-order valence-corrected chi connectivity index (χ3v) is 5.65. The van der Waals surface area contributed by atoms with Crippen molar-refractivity contribution in [3.05, 3.63) is 88.8 Å². The molecule has 1 aliphatic heterocycles. The quantitative estimate of drug-likeness (QED) is 0.306. The summed E-state index contributed by atoms with van der Waals surface area (Å²) in [5.74, 6) is 0.0328. The zero-order valence-electron chi connectivity index (χ0n) is 19.1. The summed E-state index contributed by atoms with van der Waals surface area (Å²) in [6, 6.07) is 13.6. The third-order valence-electron chi connectivity index (χ3n) is 5.65. The van der Waals surface area contributed by atoms with Crippen LogP contribution in [0.1, 0.15) is 37.7 Å². The maximum atomic E-state index is 13.2. The summed E-state index contributed by atoms with van der Waals surface area (Å²) in [7, 11) is 1.70. The Bertz CT molecular complexity index is 1570. The van der Waals surface area contributed by atoms with Crippen LogP contribution in [0.2, 0.25) is 0 Å². The number of aryl methyl sites for hydroxylation is 2. The molecular formula is C26H22N6O3. The molecule has 1 amide bonds. The molecule has 174 valence electrons. The van der Waals surface area contributed by atoms with Gasteiger partial charge in [0.15, 0.2) is 11.7 Å². The highest BCUT2D eigenvalue weighted by Crippen LogP contribution is 2.27. The number of fused-ring (bicyclic) bond motifs is 1. The van der Waals surface area contributed by atoms with Gasteiger partial charge < -0.3 is 15.4 Å². The molecule has 0 saturated heterocycles. The van der Waals surface area contributed by atoms with Crippen LogP contribution in [0.15, 0.2) is 70.7 Å². The fourth-order valence-corrected chi connectivity index (χ4v) is 3.97. The highest BCUT2D eigenvalue weighted by Gasteiger charge is 2.16. The molecule has 2 aromatic carbocycles. The second kappa shape index (κ2) is 8.86. The fourth-order valence-electron chi connectivity index (χ4n) is 3.97. The van der Waals surface area contributed by atoms with Crippen molar-refractivity contribution in [2.24, 2.45) is 17.0 Å². The maximum Gasteiger partial charge on any atom is 0.273 e. The number of rotatable bonds is 5. The number of benzene rings is 2. The van der Waals surface area contributed by atoms with Crippen molar-refractivity contribution in [2.45, 2.75) is 6.92 Å². The molecule has 0 bridgehead atoms. The SMILES string of the molecule is Cc1cc(C(=O)Nc2cccc(C(=O)c3ccc4c(C=NC5=NCC=C5)c(O)[nH]c4c3)c2)n(C)n1. The summed E-state index contributed by atoms with van der Waals surface area (Å²) in [5.41, 5.74) is 3.66. The fraction of sp³-hybridized carbons (Fsp3) is 0.115. The summed E-state index contributed by atoms with van der Waals surface area (Å²) in [6.07, 6.45) is 5.27. The first-order chi connectivity index (χ1) is 16.9. The summed E-state index contributed by atoms with van der Waals surface area (Å²) in [5, 5.41) is 18.1. The number of aliphatic imine (C=N–C) groups is 2. The number of aromatic nitrogens is 3. The minimum atomic E-state index is -0.311. The average Bonchev–Trinajstić information content (AvgIpc) is 3.55. The molecule has 0 radical (unpaired) electrons. The summed E-state index contributed by atoms with van der Waals surface area (Å²) in [4.78, 5) is 37.2. The van der Waals surface area contributed by atoms with Gasteiger partial charge in [0.2, 0.25) is 0 Å². The van der Waals surface area contributed by atoms with E-state index in [1.54, 1.807) is 61.8 Å². The van der Waals surface area contributed by atoms with Gasteiger partial charge in [-0.05, 0) is 37.3 Å². The van der Waals surface area contributed by atoms with Crippen LogP contribution in [0.25, 0.3) is 10.9 Å². The molecule has 0 atom stereocenters. The number of anilines is 1. The van der Waals surface area contributed by atoms with E-state index in [1.807, 2.05) is 19.1 Å². The first kappa shape index (κ1) is 22.0. The van der Waals surface area contributed by atoms with Crippen LogP contribution in [0.3, 0.4) is 0 Å². The molecule has 9 heteroatoms. The van der Waals surface area contributed by atoms with E-state index in [9.17, 15) is 14.7 Å². The Balaban J connectivity index is 1.38. The summed E-state index contributed by atoms with van der Waals surface area (Å²) < 4.78 is 1.51. The molecule has 1 aliphatic rings. The Hall–Kier alpha value is -4.79. The van der Waals surface area contributed by atoms with Gasteiger partial charge in [-0.3, -0.25) is 19.3 Å². The van der Waals surface area contributed by atoms with E-state index < -0.39 is 0 Å². The number of aromatic amines is 1. The Kier molecular flexibility index (Phi) is 5.58. The Morgan fingerprint density at radius 2 is 2.00 bits per heavy atom. The van der Waals surface area contributed by atoms with Gasteiger partial charge in [-0.2, -0.15) is 5.10 Å².